The lowest BCUT2D eigenvalue weighted by Gasteiger charge is -2.06. The molecule has 0 radical (unpaired) electrons. The van der Waals surface area contributed by atoms with Gasteiger partial charge in [0.1, 0.15) is 10.7 Å². The maximum Gasteiger partial charge on any atom is 0.345 e. The summed E-state index contributed by atoms with van der Waals surface area (Å²) in [6.45, 7) is 0. The highest BCUT2D eigenvalue weighted by Gasteiger charge is 2.10. The summed E-state index contributed by atoms with van der Waals surface area (Å²) in [6, 6.07) is 5.21. The molecular formula is C13H9ClFNO3S2. The standard InChI is InChI=1S/C13H9ClFNO3S2/c14-9-3-7(15)1-2-10(9)16-12(17)6-20-8-4-11(13(18)19)21-5-8/h1-5H,6H2,(H,16,17)(H,18,19). The molecule has 1 aromatic carbocycles. The van der Waals surface area contributed by atoms with E-state index in [0.29, 0.717) is 10.6 Å². The van der Waals surface area contributed by atoms with Gasteiger partial charge < -0.3 is 10.4 Å². The maximum atomic E-state index is 12.9. The van der Waals surface area contributed by atoms with Gasteiger partial charge in [0.25, 0.3) is 0 Å². The van der Waals surface area contributed by atoms with Crippen LogP contribution in [-0.4, -0.2) is 22.7 Å². The minimum absolute atomic E-state index is 0.101. The van der Waals surface area contributed by atoms with E-state index >= 15 is 0 Å². The third-order valence-electron chi connectivity index (χ3n) is 2.36. The highest BCUT2D eigenvalue weighted by molar-refractivity contribution is 8.00. The summed E-state index contributed by atoms with van der Waals surface area (Å²) in [4.78, 5) is 23.4. The van der Waals surface area contributed by atoms with Crippen LogP contribution in [0.15, 0.2) is 34.5 Å². The number of nitrogens with one attached hydrogen (secondary N) is 1. The zero-order valence-corrected chi connectivity index (χ0v) is 12.8. The molecule has 1 aromatic heterocycles. The van der Waals surface area contributed by atoms with Crippen molar-refractivity contribution < 1.29 is 19.1 Å². The smallest absolute Gasteiger partial charge is 0.345 e. The van der Waals surface area contributed by atoms with E-state index in [1.54, 1.807) is 5.38 Å². The third kappa shape index (κ3) is 4.45. The van der Waals surface area contributed by atoms with Gasteiger partial charge in [-0.2, -0.15) is 0 Å². The Balaban J connectivity index is 1.91. The van der Waals surface area contributed by atoms with Gasteiger partial charge >= 0.3 is 5.97 Å². The number of carboxylic acids is 1. The monoisotopic (exact) mass is 345 g/mol. The van der Waals surface area contributed by atoms with E-state index in [4.69, 9.17) is 16.7 Å². The van der Waals surface area contributed by atoms with Crippen LogP contribution in [-0.2, 0) is 4.79 Å². The average molecular weight is 346 g/mol. The van der Waals surface area contributed by atoms with Crippen molar-refractivity contribution in [3.8, 4) is 0 Å². The van der Waals surface area contributed by atoms with Gasteiger partial charge in [0.15, 0.2) is 0 Å². The van der Waals surface area contributed by atoms with Crippen molar-refractivity contribution in [2.75, 3.05) is 11.1 Å². The van der Waals surface area contributed by atoms with Crippen LogP contribution >= 0.6 is 34.7 Å². The largest absolute Gasteiger partial charge is 0.477 e. The van der Waals surface area contributed by atoms with Gasteiger partial charge in [-0.3, -0.25) is 4.79 Å². The minimum atomic E-state index is -0.991. The number of carbonyl (C=O) groups is 2. The highest BCUT2D eigenvalue weighted by Crippen LogP contribution is 2.26. The highest BCUT2D eigenvalue weighted by atomic mass is 35.5. The van der Waals surface area contributed by atoms with Crippen LogP contribution in [0.4, 0.5) is 10.1 Å². The summed E-state index contributed by atoms with van der Waals surface area (Å²) < 4.78 is 12.9. The molecule has 0 atom stereocenters. The topological polar surface area (TPSA) is 66.4 Å². The molecule has 2 N–H and O–H groups in total. The van der Waals surface area contributed by atoms with Crippen LogP contribution in [0.5, 0.6) is 0 Å². The molecule has 4 nitrogen and oxygen atoms in total. The van der Waals surface area contributed by atoms with Crippen molar-refractivity contribution in [2.24, 2.45) is 0 Å². The molecule has 8 heteroatoms. The molecule has 0 bridgehead atoms. The molecule has 2 rings (SSSR count). The second kappa shape index (κ2) is 6.93. The number of halogens is 2. The molecule has 0 aliphatic heterocycles. The number of hydrogen-bond acceptors (Lipinski definition) is 4. The van der Waals surface area contributed by atoms with Crippen molar-refractivity contribution in [3.05, 3.63) is 45.4 Å². The fourth-order valence-corrected chi connectivity index (χ4v) is 3.32. The number of carboxylic acid groups (broad SMARTS) is 1. The van der Waals surface area contributed by atoms with E-state index in [0.717, 1.165) is 17.4 Å². The van der Waals surface area contributed by atoms with E-state index < -0.39 is 11.8 Å². The molecule has 0 saturated heterocycles. The molecule has 0 fully saturated rings. The number of aromatic carboxylic acids is 1. The predicted molar refractivity (Wildman–Crippen MR) is 82.0 cm³/mol. The van der Waals surface area contributed by atoms with Crippen LogP contribution < -0.4 is 5.32 Å². The van der Waals surface area contributed by atoms with Crippen LogP contribution in [0.1, 0.15) is 9.67 Å². The molecule has 0 unspecified atom stereocenters. The second-order valence-electron chi connectivity index (χ2n) is 3.91. The number of hydrogen-bond donors (Lipinski definition) is 2. The summed E-state index contributed by atoms with van der Waals surface area (Å²) in [6.07, 6.45) is 0. The molecule has 0 spiro atoms. The van der Waals surface area contributed by atoms with Gasteiger partial charge in [0, 0.05) is 10.3 Å². The fraction of sp³-hybridized carbons (Fsp3) is 0.0769. The normalized spacial score (nSPS) is 10.4. The molecule has 1 heterocycles. The van der Waals surface area contributed by atoms with E-state index in [1.165, 1.54) is 30.0 Å². The Kier molecular flexibility index (Phi) is 5.22. The Morgan fingerprint density at radius 3 is 2.76 bits per heavy atom. The average Bonchev–Trinajstić information content (AvgIpc) is 2.89. The molecule has 0 aliphatic carbocycles. The van der Waals surface area contributed by atoms with E-state index in [-0.39, 0.29) is 21.6 Å². The van der Waals surface area contributed by atoms with Crippen molar-refractivity contribution in [1.82, 2.24) is 0 Å². The van der Waals surface area contributed by atoms with Crippen LogP contribution in [0.3, 0.4) is 0 Å². The lowest BCUT2D eigenvalue weighted by molar-refractivity contribution is -0.113. The van der Waals surface area contributed by atoms with Crippen LogP contribution in [0, 0.1) is 5.82 Å². The van der Waals surface area contributed by atoms with Gasteiger partial charge in [-0.15, -0.1) is 23.1 Å². The molecule has 0 saturated carbocycles. The Morgan fingerprint density at radius 2 is 2.14 bits per heavy atom. The summed E-state index contributed by atoms with van der Waals surface area (Å²) in [5.41, 5.74) is 0.334. The van der Waals surface area contributed by atoms with E-state index in [1.807, 2.05) is 0 Å². The van der Waals surface area contributed by atoms with Crippen molar-refractivity contribution in [2.45, 2.75) is 4.90 Å². The summed E-state index contributed by atoms with van der Waals surface area (Å²) in [5, 5.41) is 13.2. The van der Waals surface area contributed by atoms with E-state index in [9.17, 15) is 14.0 Å². The Hall–Kier alpha value is -1.57. The van der Waals surface area contributed by atoms with Crippen LogP contribution in [0.25, 0.3) is 0 Å². The first-order chi connectivity index (χ1) is 9.95. The van der Waals surface area contributed by atoms with Gasteiger partial charge in [0.2, 0.25) is 5.91 Å². The first-order valence-corrected chi connectivity index (χ1v) is 7.89. The Labute approximate surface area is 132 Å². The van der Waals surface area contributed by atoms with Crippen molar-refractivity contribution in [3.63, 3.8) is 0 Å². The number of amides is 1. The zero-order chi connectivity index (χ0) is 15.4. The number of anilines is 1. The minimum Gasteiger partial charge on any atom is -0.477 e. The van der Waals surface area contributed by atoms with Gasteiger partial charge in [-0.05, 0) is 24.3 Å². The quantitative estimate of drug-likeness (QED) is 0.805. The summed E-state index contributed by atoms with van der Waals surface area (Å²) in [7, 11) is 0. The second-order valence-corrected chi connectivity index (χ2v) is 6.28. The maximum absolute atomic E-state index is 12.9. The molecule has 21 heavy (non-hydrogen) atoms. The molecule has 110 valence electrons. The third-order valence-corrected chi connectivity index (χ3v) is 4.72. The first-order valence-electron chi connectivity index (χ1n) is 5.65. The molecule has 1 amide bonds. The molecule has 0 aliphatic rings. The first kappa shape index (κ1) is 15.8. The lowest BCUT2D eigenvalue weighted by atomic mass is 10.3. The summed E-state index contributed by atoms with van der Waals surface area (Å²) in [5.74, 6) is -1.68. The number of rotatable bonds is 5. The van der Waals surface area contributed by atoms with Gasteiger partial charge in [-0.25, -0.2) is 9.18 Å². The number of carbonyl (C=O) groups excluding carboxylic acids is 1. The van der Waals surface area contributed by atoms with Crippen LogP contribution in [0.2, 0.25) is 5.02 Å². The summed E-state index contributed by atoms with van der Waals surface area (Å²) >= 11 is 8.12. The fourth-order valence-electron chi connectivity index (χ4n) is 1.43. The molecule has 2 aromatic rings. The number of benzene rings is 1. The number of thiophene rings is 1. The van der Waals surface area contributed by atoms with E-state index in [2.05, 4.69) is 5.32 Å². The van der Waals surface area contributed by atoms with Gasteiger partial charge in [-0.1, -0.05) is 11.6 Å². The van der Waals surface area contributed by atoms with Crippen molar-refractivity contribution >= 4 is 52.3 Å². The predicted octanol–water partition coefficient (Wildman–Crippen LogP) is 3.97. The number of thioether (sulfide) groups is 1. The molecular weight excluding hydrogens is 337 g/mol. The SMILES string of the molecule is O=C(CSc1csc(C(=O)O)c1)Nc1ccc(F)cc1Cl. The Bertz CT molecular complexity index is 690. The lowest BCUT2D eigenvalue weighted by Crippen LogP contribution is -2.14. The Morgan fingerprint density at radius 1 is 1.38 bits per heavy atom. The van der Waals surface area contributed by atoms with Gasteiger partial charge in [0.05, 0.1) is 16.5 Å². The zero-order valence-electron chi connectivity index (χ0n) is 10.4. The van der Waals surface area contributed by atoms with Crippen molar-refractivity contribution in [1.29, 1.82) is 0 Å².